The van der Waals surface area contributed by atoms with Crippen LogP contribution in [0.2, 0.25) is 0 Å². The molecule has 2 aliphatic heterocycles. The lowest BCUT2D eigenvalue weighted by molar-refractivity contribution is -0.134. The summed E-state index contributed by atoms with van der Waals surface area (Å²) in [6.45, 7) is 0.844. The third-order valence-corrected chi connectivity index (χ3v) is 3.55. The Hall–Kier alpha value is -1.24. The first-order chi connectivity index (χ1) is 8.98. The van der Waals surface area contributed by atoms with Gasteiger partial charge < -0.3 is 10.2 Å². The van der Waals surface area contributed by atoms with E-state index in [4.69, 9.17) is 0 Å². The van der Waals surface area contributed by atoms with Crippen LogP contribution in [0.5, 0.6) is 0 Å². The normalized spacial score (nSPS) is 26.2. The Morgan fingerprint density at radius 1 is 1.26 bits per heavy atom. The topological polar surface area (TPSA) is 61.4 Å². The molecule has 0 aromatic rings. The lowest BCUT2D eigenvalue weighted by Crippen LogP contribution is -2.46. The standard InChI is InChI=1S/C12H19F2N3O2/c13-12(14)6-9(16-8-12)11(19)15-7-10(18)17-4-2-1-3-5-17/h9,16H,1-8H2,(H,15,19). The van der Waals surface area contributed by atoms with Crippen molar-refractivity contribution in [2.24, 2.45) is 0 Å². The molecular formula is C12H19F2N3O2. The minimum Gasteiger partial charge on any atom is -0.346 e. The van der Waals surface area contributed by atoms with Crippen LogP contribution in [0.4, 0.5) is 8.78 Å². The Morgan fingerprint density at radius 3 is 2.53 bits per heavy atom. The van der Waals surface area contributed by atoms with Crippen LogP contribution < -0.4 is 10.6 Å². The van der Waals surface area contributed by atoms with E-state index in [-0.39, 0.29) is 12.5 Å². The Bertz CT molecular complexity index is 357. The lowest BCUT2D eigenvalue weighted by Gasteiger charge is -2.26. The summed E-state index contributed by atoms with van der Waals surface area (Å²) in [7, 11) is 0. The zero-order valence-corrected chi connectivity index (χ0v) is 10.8. The summed E-state index contributed by atoms with van der Waals surface area (Å²) in [6, 6.07) is -0.899. The first-order valence-corrected chi connectivity index (χ1v) is 6.65. The smallest absolute Gasteiger partial charge is 0.262 e. The molecule has 1 unspecified atom stereocenters. The Labute approximate surface area is 110 Å². The molecule has 0 radical (unpaired) electrons. The molecule has 2 fully saturated rings. The van der Waals surface area contributed by atoms with Gasteiger partial charge in [-0.05, 0) is 19.3 Å². The first-order valence-electron chi connectivity index (χ1n) is 6.65. The Morgan fingerprint density at radius 2 is 1.95 bits per heavy atom. The predicted octanol–water partition coefficient (Wildman–Crippen LogP) is 0.112. The van der Waals surface area contributed by atoms with E-state index in [9.17, 15) is 18.4 Å². The van der Waals surface area contributed by atoms with E-state index in [1.54, 1.807) is 4.90 Å². The third-order valence-electron chi connectivity index (χ3n) is 3.55. The number of hydrogen-bond acceptors (Lipinski definition) is 3. The number of alkyl halides is 2. The predicted molar refractivity (Wildman–Crippen MR) is 64.8 cm³/mol. The van der Waals surface area contributed by atoms with Crippen molar-refractivity contribution in [2.45, 2.75) is 37.6 Å². The van der Waals surface area contributed by atoms with E-state index in [2.05, 4.69) is 10.6 Å². The highest BCUT2D eigenvalue weighted by molar-refractivity contribution is 5.87. The van der Waals surface area contributed by atoms with Crippen molar-refractivity contribution >= 4 is 11.8 Å². The van der Waals surface area contributed by atoms with Gasteiger partial charge in [0.25, 0.3) is 5.92 Å². The highest BCUT2D eigenvalue weighted by Gasteiger charge is 2.42. The molecule has 2 saturated heterocycles. The van der Waals surface area contributed by atoms with E-state index in [1.165, 1.54) is 0 Å². The molecule has 7 heteroatoms. The SMILES string of the molecule is O=C(NCC(=O)N1CCCCC1)C1CC(F)(F)CN1. The van der Waals surface area contributed by atoms with Gasteiger partial charge in [-0.3, -0.25) is 14.9 Å². The van der Waals surface area contributed by atoms with E-state index < -0.39 is 30.8 Å². The average Bonchev–Trinajstić information content (AvgIpc) is 2.77. The molecule has 5 nitrogen and oxygen atoms in total. The largest absolute Gasteiger partial charge is 0.346 e. The van der Waals surface area contributed by atoms with Gasteiger partial charge in [0.2, 0.25) is 11.8 Å². The van der Waals surface area contributed by atoms with Gasteiger partial charge >= 0.3 is 0 Å². The van der Waals surface area contributed by atoms with Crippen molar-refractivity contribution in [1.29, 1.82) is 0 Å². The van der Waals surface area contributed by atoms with Gasteiger partial charge in [-0.2, -0.15) is 0 Å². The van der Waals surface area contributed by atoms with Crippen LogP contribution in [-0.4, -0.2) is 54.9 Å². The maximum absolute atomic E-state index is 12.9. The van der Waals surface area contributed by atoms with E-state index in [0.717, 1.165) is 19.3 Å². The summed E-state index contributed by atoms with van der Waals surface area (Å²) < 4.78 is 25.9. The fourth-order valence-corrected chi connectivity index (χ4v) is 2.44. The Balaban J connectivity index is 1.73. The van der Waals surface area contributed by atoms with Gasteiger partial charge in [0.05, 0.1) is 19.1 Å². The van der Waals surface area contributed by atoms with Crippen LogP contribution in [0, 0.1) is 0 Å². The molecule has 2 aliphatic rings. The van der Waals surface area contributed by atoms with Gasteiger partial charge in [-0.1, -0.05) is 0 Å². The van der Waals surface area contributed by atoms with Gasteiger partial charge in [0, 0.05) is 19.5 Å². The number of nitrogens with zero attached hydrogens (tertiary/aromatic N) is 1. The maximum Gasteiger partial charge on any atom is 0.262 e. The zero-order chi connectivity index (χ0) is 13.9. The lowest BCUT2D eigenvalue weighted by atomic mass is 10.1. The summed E-state index contributed by atoms with van der Waals surface area (Å²) >= 11 is 0. The van der Waals surface area contributed by atoms with Crippen LogP contribution in [-0.2, 0) is 9.59 Å². The fraction of sp³-hybridized carbons (Fsp3) is 0.833. The molecule has 0 aromatic carbocycles. The number of likely N-dealkylation sites (tertiary alicyclic amines) is 1. The third kappa shape index (κ3) is 3.86. The van der Waals surface area contributed by atoms with E-state index in [0.29, 0.717) is 13.1 Å². The van der Waals surface area contributed by atoms with Gasteiger partial charge in [0.1, 0.15) is 0 Å². The van der Waals surface area contributed by atoms with Crippen molar-refractivity contribution in [2.75, 3.05) is 26.2 Å². The molecular weight excluding hydrogens is 256 g/mol. The molecule has 0 saturated carbocycles. The second-order valence-corrected chi connectivity index (χ2v) is 5.15. The summed E-state index contributed by atoms with van der Waals surface area (Å²) in [5, 5.41) is 4.90. The molecule has 19 heavy (non-hydrogen) atoms. The number of halogens is 2. The van der Waals surface area contributed by atoms with Crippen LogP contribution in [0.1, 0.15) is 25.7 Å². The molecule has 0 aromatic heterocycles. The van der Waals surface area contributed by atoms with Gasteiger partial charge in [-0.15, -0.1) is 0 Å². The van der Waals surface area contributed by atoms with Crippen LogP contribution in [0.25, 0.3) is 0 Å². The molecule has 2 heterocycles. The second-order valence-electron chi connectivity index (χ2n) is 5.15. The monoisotopic (exact) mass is 275 g/mol. The second kappa shape index (κ2) is 5.81. The quantitative estimate of drug-likeness (QED) is 0.768. The van der Waals surface area contributed by atoms with Gasteiger partial charge in [-0.25, -0.2) is 8.78 Å². The van der Waals surface area contributed by atoms with Crippen molar-refractivity contribution in [3.63, 3.8) is 0 Å². The van der Waals surface area contributed by atoms with Crippen LogP contribution in [0.3, 0.4) is 0 Å². The van der Waals surface area contributed by atoms with Gasteiger partial charge in [0.15, 0.2) is 0 Å². The number of piperidine rings is 1. The van der Waals surface area contributed by atoms with Crippen molar-refractivity contribution in [3.05, 3.63) is 0 Å². The minimum atomic E-state index is -2.83. The molecule has 2 amide bonds. The first kappa shape index (κ1) is 14.2. The van der Waals surface area contributed by atoms with Crippen molar-refractivity contribution < 1.29 is 18.4 Å². The molecule has 2 N–H and O–H groups in total. The highest BCUT2D eigenvalue weighted by Crippen LogP contribution is 2.24. The number of rotatable bonds is 3. The number of amides is 2. The molecule has 1 atom stereocenters. The highest BCUT2D eigenvalue weighted by atomic mass is 19.3. The number of carbonyl (C=O) groups excluding carboxylic acids is 2. The molecule has 108 valence electrons. The van der Waals surface area contributed by atoms with E-state index >= 15 is 0 Å². The fourth-order valence-electron chi connectivity index (χ4n) is 2.44. The summed E-state index contributed by atoms with van der Waals surface area (Å²) in [5.74, 6) is -3.50. The molecule has 0 bridgehead atoms. The summed E-state index contributed by atoms with van der Waals surface area (Å²) in [5.41, 5.74) is 0. The molecule has 0 aliphatic carbocycles. The van der Waals surface area contributed by atoms with Crippen molar-refractivity contribution in [1.82, 2.24) is 15.5 Å². The Kier molecular flexibility index (Phi) is 4.34. The van der Waals surface area contributed by atoms with E-state index in [1.807, 2.05) is 0 Å². The minimum absolute atomic E-state index is 0.109. The summed E-state index contributed by atoms with van der Waals surface area (Å²) in [6.07, 6.45) is 2.58. The zero-order valence-electron chi connectivity index (χ0n) is 10.8. The molecule has 0 spiro atoms. The summed E-state index contributed by atoms with van der Waals surface area (Å²) in [4.78, 5) is 25.1. The number of hydrogen-bond donors (Lipinski definition) is 2. The van der Waals surface area contributed by atoms with Crippen molar-refractivity contribution in [3.8, 4) is 0 Å². The number of nitrogens with one attached hydrogen (secondary N) is 2. The maximum atomic E-state index is 12.9. The average molecular weight is 275 g/mol. The van der Waals surface area contributed by atoms with Crippen LogP contribution >= 0.6 is 0 Å². The molecule has 2 rings (SSSR count). The number of carbonyl (C=O) groups is 2. The van der Waals surface area contributed by atoms with Crippen LogP contribution in [0.15, 0.2) is 0 Å².